The zero-order valence-corrected chi connectivity index (χ0v) is 7.13. The van der Waals surface area contributed by atoms with Crippen LogP contribution in [0.5, 0.6) is 0 Å². The maximum Gasteiger partial charge on any atom is 0.338 e. The van der Waals surface area contributed by atoms with Gasteiger partial charge in [-0.15, -0.1) is 0 Å². The lowest BCUT2D eigenvalue weighted by Crippen LogP contribution is -2.06. The third-order valence-electron chi connectivity index (χ3n) is 1.67. The van der Waals surface area contributed by atoms with Crippen molar-refractivity contribution in [1.29, 1.82) is 0 Å². The lowest BCUT2D eigenvalue weighted by molar-refractivity contribution is 0.0599. The Bertz CT molecular complexity index is 325. The number of carbonyl (C=O) groups is 1. The van der Waals surface area contributed by atoms with Crippen molar-refractivity contribution in [2.45, 2.75) is 6.54 Å². The molecular formula is C9H9FNO2. The number of hydrogen-bond acceptors (Lipinski definition) is 2. The molecule has 1 aromatic carbocycles. The molecule has 1 radical (unpaired) electrons. The molecule has 0 amide bonds. The van der Waals surface area contributed by atoms with E-state index in [-0.39, 0.29) is 12.1 Å². The number of halogens is 1. The summed E-state index contributed by atoms with van der Waals surface area (Å²) in [5, 5.41) is 0. The van der Waals surface area contributed by atoms with E-state index in [9.17, 15) is 9.18 Å². The predicted molar refractivity (Wildman–Crippen MR) is 44.5 cm³/mol. The van der Waals surface area contributed by atoms with Crippen LogP contribution in [-0.2, 0) is 11.3 Å². The molecule has 0 spiro atoms. The fourth-order valence-electron chi connectivity index (χ4n) is 1.00. The smallest absolute Gasteiger partial charge is 0.338 e. The van der Waals surface area contributed by atoms with Gasteiger partial charge in [-0.2, -0.15) is 0 Å². The molecule has 1 aromatic rings. The number of hydrogen-bond donors (Lipinski definition) is 0. The Hall–Kier alpha value is -1.42. The molecule has 0 aliphatic rings. The minimum absolute atomic E-state index is 0.0648. The lowest BCUT2D eigenvalue weighted by Gasteiger charge is -2.04. The number of nitrogens with one attached hydrogen (secondary N) is 1. The summed E-state index contributed by atoms with van der Waals surface area (Å²) < 4.78 is 17.2. The first-order chi connectivity index (χ1) is 6.19. The molecule has 0 fully saturated rings. The number of carbonyl (C=O) groups excluding carboxylic acids is 1. The second-order valence-corrected chi connectivity index (χ2v) is 2.47. The van der Waals surface area contributed by atoms with Crippen LogP contribution < -0.4 is 5.73 Å². The van der Waals surface area contributed by atoms with Crippen LogP contribution in [0.15, 0.2) is 18.2 Å². The Labute approximate surface area is 75.3 Å². The number of esters is 1. The molecule has 0 heterocycles. The molecule has 0 aromatic heterocycles. The van der Waals surface area contributed by atoms with Crippen molar-refractivity contribution in [3.63, 3.8) is 0 Å². The van der Waals surface area contributed by atoms with Gasteiger partial charge in [0.25, 0.3) is 0 Å². The van der Waals surface area contributed by atoms with Crippen LogP contribution in [0.1, 0.15) is 15.9 Å². The van der Waals surface area contributed by atoms with E-state index in [0.717, 1.165) is 6.07 Å². The van der Waals surface area contributed by atoms with Crippen LogP contribution >= 0.6 is 0 Å². The molecule has 4 heteroatoms. The number of methoxy groups -OCH3 is 1. The maximum atomic E-state index is 12.7. The van der Waals surface area contributed by atoms with Crippen molar-refractivity contribution in [3.8, 4) is 0 Å². The molecule has 0 saturated heterocycles. The molecule has 0 unspecified atom stereocenters. The Morgan fingerprint density at radius 2 is 2.31 bits per heavy atom. The molecule has 13 heavy (non-hydrogen) atoms. The van der Waals surface area contributed by atoms with E-state index < -0.39 is 11.8 Å². The van der Waals surface area contributed by atoms with E-state index in [1.807, 2.05) is 0 Å². The highest BCUT2D eigenvalue weighted by Gasteiger charge is 2.11. The van der Waals surface area contributed by atoms with Crippen molar-refractivity contribution in [2.24, 2.45) is 0 Å². The molecule has 3 nitrogen and oxygen atoms in total. The molecule has 0 bridgehead atoms. The molecule has 1 N–H and O–H groups in total. The zero-order valence-electron chi connectivity index (χ0n) is 7.13. The average Bonchev–Trinajstić information content (AvgIpc) is 2.16. The molecule has 0 saturated carbocycles. The fourth-order valence-corrected chi connectivity index (χ4v) is 1.00. The van der Waals surface area contributed by atoms with Crippen LogP contribution in [0.3, 0.4) is 0 Å². The Balaban J connectivity index is 3.15. The van der Waals surface area contributed by atoms with Gasteiger partial charge in [-0.1, -0.05) is 6.07 Å². The SMILES string of the molecule is COC(=O)c1cc(F)ccc1C[NH]. The Kier molecular flexibility index (Phi) is 2.97. The van der Waals surface area contributed by atoms with Gasteiger partial charge in [-0.25, -0.2) is 9.18 Å². The van der Waals surface area contributed by atoms with Gasteiger partial charge < -0.3 is 4.74 Å². The van der Waals surface area contributed by atoms with E-state index in [0.29, 0.717) is 5.56 Å². The first kappa shape index (κ1) is 9.67. The average molecular weight is 182 g/mol. The van der Waals surface area contributed by atoms with Crippen LogP contribution in [0.25, 0.3) is 0 Å². The summed E-state index contributed by atoms with van der Waals surface area (Å²) in [5.41, 5.74) is 7.68. The molecule has 0 aliphatic carbocycles. The third-order valence-corrected chi connectivity index (χ3v) is 1.67. The molecule has 0 aliphatic heterocycles. The second kappa shape index (κ2) is 4.00. The first-order valence-corrected chi connectivity index (χ1v) is 3.70. The van der Waals surface area contributed by atoms with Gasteiger partial charge >= 0.3 is 5.97 Å². The fraction of sp³-hybridized carbons (Fsp3) is 0.222. The van der Waals surface area contributed by atoms with Gasteiger partial charge in [0.15, 0.2) is 0 Å². The summed E-state index contributed by atoms with van der Waals surface area (Å²) in [6.07, 6.45) is 0. The van der Waals surface area contributed by atoms with Gasteiger partial charge in [0.2, 0.25) is 0 Å². The van der Waals surface area contributed by atoms with E-state index >= 15 is 0 Å². The number of rotatable bonds is 2. The minimum Gasteiger partial charge on any atom is -0.465 e. The maximum absolute atomic E-state index is 12.7. The van der Waals surface area contributed by atoms with Crippen LogP contribution in [0.4, 0.5) is 4.39 Å². The highest BCUT2D eigenvalue weighted by molar-refractivity contribution is 5.90. The second-order valence-electron chi connectivity index (χ2n) is 2.47. The van der Waals surface area contributed by atoms with E-state index in [1.165, 1.54) is 19.2 Å². The zero-order chi connectivity index (χ0) is 9.84. The summed E-state index contributed by atoms with van der Waals surface area (Å²) in [6.45, 7) is -0.0648. The molecule has 1 rings (SSSR count). The van der Waals surface area contributed by atoms with Crippen molar-refractivity contribution < 1.29 is 13.9 Å². The minimum atomic E-state index is -0.609. The van der Waals surface area contributed by atoms with Crippen LogP contribution in [-0.4, -0.2) is 13.1 Å². The predicted octanol–water partition coefficient (Wildman–Crippen LogP) is 1.40. The molecular weight excluding hydrogens is 173 g/mol. The van der Waals surface area contributed by atoms with Gasteiger partial charge in [0, 0.05) is 6.54 Å². The van der Waals surface area contributed by atoms with E-state index in [4.69, 9.17) is 5.73 Å². The van der Waals surface area contributed by atoms with E-state index in [2.05, 4.69) is 4.74 Å². The highest BCUT2D eigenvalue weighted by atomic mass is 19.1. The van der Waals surface area contributed by atoms with Crippen molar-refractivity contribution in [2.75, 3.05) is 7.11 Å². The van der Waals surface area contributed by atoms with Gasteiger partial charge in [0.1, 0.15) is 5.82 Å². The van der Waals surface area contributed by atoms with Crippen molar-refractivity contribution in [1.82, 2.24) is 5.73 Å². The topological polar surface area (TPSA) is 50.1 Å². The highest BCUT2D eigenvalue weighted by Crippen LogP contribution is 2.12. The summed E-state index contributed by atoms with van der Waals surface area (Å²) in [7, 11) is 1.22. The largest absolute Gasteiger partial charge is 0.465 e. The first-order valence-electron chi connectivity index (χ1n) is 3.70. The normalized spacial score (nSPS) is 9.77. The van der Waals surface area contributed by atoms with Gasteiger partial charge in [0.05, 0.1) is 12.7 Å². The number of benzene rings is 1. The van der Waals surface area contributed by atoms with Gasteiger partial charge in [-0.3, -0.25) is 5.73 Å². The third kappa shape index (κ3) is 2.03. The van der Waals surface area contributed by atoms with Crippen LogP contribution in [0.2, 0.25) is 0 Å². The lowest BCUT2D eigenvalue weighted by atomic mass is 10.1. The summed E-state index contributed by atoms with van der Waals surface area (Å²) >= 11 is 0. The number of ether oxygens (including phenoxy) is 1. The molecule has 69 valence electrons. The Morgan fingerprint density at radius 3 is 2.85 bits per heavy atom. The van der Waals surface area contributed by atoms with Gasteiger partial charge in [-0.05, 0) is 17.7 Å². The standard InChI is InChI=1S/C9H9FNO2/c1-13-9(12)8-4-7(10)3-2-6(8)5-11/h2-4,11H,5H2,1H3. The molecule has 0 atom stereocenters. The van der Waals surface area contributed by atoms with Crippen molar-refractivity contribution >= 4 is 5.97 Å². The quantitative estimate of drug-likeness (QED) is 0.649. The monoisotopic (exact) mass is 182 g/mol. The summed E-state index contributed by atoms with van der Waals surface area (Å²) in [5.74, 6) is -1.11. The van der Waals surface area contributed by atoms with Crippen molar-refractivity contribution in [3.05, 3.63) is 35.1 Å². The Morgan fingerprint density at radius 1 is 1.62 bits per heavy atom. The summed E-state index contributed by atoms with van der Waals surface area (Å²) in [6, 6.07) is 3.71. The summed E-state index contributed by atoms with van der Waals surface area (Å²) in [4.78, 5) is 11.1. The van der Waals surface area contributed by atoms with E-state index in [1.54, 1.807) is 0 Å². The van der Waals surface area contributed by atoms with Crippen LogP contribution in [0, 0.1) is 5.82 Å².